The summed E-state index contributed by atoms with van der Waals surface area (Å²) in [6.45, 7) is 4.22. The molecule has 3 nitrogen and oxygen atoms in total. The maximum atomic E-state index is 10.7. The molecule has 0 aliphatic rings. The number of benzene rings is 1. The first-order chi connectivity index (χ1) is 7.15. The predicted octanol–water partition coefficient (Wildman–Crippen LogP) is 2.13. The predicted molar refractivity (Wildman–Crippen MR) is 60.1 cm³/mol. The van der Waals surface area contributed by atoms with Crippen LogP contribution in [0.25, 0.3) is 0 Å². The van der Waals surface area contributed by atoms with Crippen LogP contribution >= 0.6 is 0 Å². The minimum absolute atomic E-state index is 0.305. The number of rotatable bonds is 3. The van der Waals surface area contributed by atoms with Crippen LogP contribution in [0.4, 0.5) is 5.69 Å². The molecule has 0 radical (unpaired) electrons. The summed E-state index contributed by atoms with van der Waals surface area (Å²) in [5, 5.41) is 11.9. The molecule has 78 valence electrons. The summed E-state index contributed by atoms with van der Waals surface area (Å²) in [6.07, 6.45) is 0. The van der Waals surface area contributed by atoms with E-state index in [2.05, 4.69) is 17.2 Å². The summed E-state index contributed by atoms with van der Waals surface area (Å²) < 4.78 is 0. The molecule has 3 heteroatoms. The Kier molecular flexibility index (Phi) is 3.75. The van der Waals surface area contributed by atoms with Crippen molar-refractivity contribution >= 4 is 11.7 Å². The fourth-order valence-corrected chi connectivity index (χ4v) is 1.22. The van der Waals surface area contributed by atoms with E-state index in [1.54, 1.807) is 25.1 Å². The smallest absolute Gasteiger partial charge is 0.335 e. The number of carboxylic acid groups (broad SMARTS) is 1. The summed E-state index contributed by atoms with van der Waals surface area (Å²) in [7, 11) is 0. The van der Waals surface area contributed by atoms with Gasteiger partial charge in [0.2, 0.25) is 0 Å². The van der Waals surface area contributed by atoms with Gasteiger partial charge in [0.25, 0.3) is 0 Å². The molecule has 2 N–H and O–H groups in total. The standard InChI is InChI=1S/C12H13NO2/c1-3-4-7-13-11-6-5-10(12(14)15)8-9(11)2/h5-6,8,13H,7H2,1-2H3,(H,14,15). The first-order valence-corrected chi connectivity index (χ1v) is 4.62. The number of hydrogen-bond acceptors (Lipinski definition) is 2. The Morgan fingerprint density at radius 1 is 1.53 bits per heavy atom. The van der Waals surface area contributed by atoms with E-state index in [1.165, 1.54) is 0 Å². The van der Waals surface area contributed by atoms with Crippen molar-refractivity contribution in [2.75, 3.05) is 11.9 Å². The largest absolute Gasteiger partial charge is 0.478 e. The normalized spacial score (nSPS) is 8.93. The lowest BCUT2D eigenvalue weighted by molar-refractivity contribution is 0.0697. The van der Waals surface area contributed by atoms with Gasteiger partial charge in [-0.2, -0.15) is 0 Å². The van der Waals surface area contributed by atoms with Crippen LogP contribution in [0.15, 0.2) is 18.2 Å². The maximum Gasteiger partial charge on any atom is 0.335 e. The number of carbonyl (C=O) groups is 1. The van der Waals surface area contributed by atoms with Crippen LogP contribution in [0, 0.1) is 18.8 Å². The van der Waals surface area contributed by atoms with E-state index in [0.717, 1.165) is 11.3 Å². The molecule has 0 saturated carbocycles. The Morgan fingerprint density at radius 3 is 2.80 bits per heavy atom. The number of anilines is 1. The zero-order valence-corrected chi connectivity index (χ0v) is 8.79. The van der Waals surface area contributed by atoms with Gasteiger partial charge in [-0.25, -0.2) is 4.79 Å². The van der Waals surface area contributed by atoms with E-state index >= 15 is 0 Å². The molecule has 0 aromatic heterocycles. The molecular weight excluding hydrogens is 190 g/mol. The van der Waals surface area contributed by atoms with Crippen molar-refractivity contribution in [3.8, 4) is 11.8 Å². The van der Waals surface area contributed by atoms with Gasteiger partial charge in [-0.1, -0.05) is 5.92 Å². The summed E-state index contributed by atoms with van der Waals surface area (Å²) in [5.74, 6) is 4.76. The molecule has 0 amide bonds. The van der Waals surface area contributed by atoms with E-state index in [1.807, 2.05) is 6.92 Å². The zero-order valence-electron chi connectivity index (χ0n) is 8.79. The third-order valence-corrected chi connectivity index (χ3v) is 2.02. The second kappa shape index (κ2) is 5.06. The first kappa shape index (κ1) is 11.1. The van der Waals surface area contributed by atoms with Gasteiger partial charge in [-0.3, -0.25) is 0 Å². The minimum atomic E-state index is -0.905. The number of aromatic carboxylic acids is 1. The van der Waals surface area contributed by atoms with Crippen molar-refractivity contribution in [2.45, 2.75) is 13.8 Å². The van der Waals surface area contributed by atoms with Crippen molar-refractivity contribution in [1.29, 1.82) is 0 Å². The molecule has 0 atom stereocenters. The van der Waals surface area contributed by atoms with Gasteiger partial charge in [0.05, 0.1) is 12.1 Å². The summed E-state index contributed by atoms with van der Waals surface area (Å²) in [6, 6.07) is 4.98. The number of carboxylic acids is 1. The Hall–Kier alpha value is -1.95. The third kappa shape index (κ3) is 3.03. The topological polar surface area (TPSA) is 49.3 Å². The van der Waals surface area contributed by atoms with Crippen LogP contribution < -0.4 is 5.32 Å². The SMILES string of the molecule is CC#CCNc1ccc(C(=O)O)cc1C. The van der Waals surface area contributed by atoms with Gasteiger partial charge in [0.1, 0.15) is 0 Å². The van der Waals surface area contributed by atoms with Gasteiger partial charge >= 0.3 is 5.97 Å². The highest BCUT2D eigenvalue weighted by atomic mass is 16.4. The van der Waals surface area contributed by atoms with Gasteiger partial charge in [0, 0.05) is 5.69 Å². The quantitative estimate of drug-likeness (QED) is 0.740. The van der Waals surface area contributed by atoms with Gasteiger partial charge in [-0.05, 0) is 37.6 Å². The van der Waals surface area contributed by atoms with Gasteiger partial charge in [-0.15, -0.1) is 5.92 Å². The van der Waals surface area contributed by atoms with Crippen LogP contribution in [-0.4, -0.2) is 17.6 Å². The van der Waals surface area contributed by atoms with E-state index < -0.39 is 5.97 Å². The molecule has 0 aliphatic heterocycles. The fourth-order valence-electron chi connectivity index (χ4n) is 1.22. The zero-order chi connectivity index (χ0) is 11.3. The maximum absolute atomic E-state index is 10.7. The van der Waals surface area contributed by atoms with Gasteiger partial charge < -0.3 is 10.4 Å². The van der Waals surface area contributed by atoms with Crippen molar-refractivity contribution < 1.29 is 9.90 Å². The molecule has 1 aromatic rings. The Morgan fingerprint density at radius 2 is 2.27 bits per heavy atom. The van der Waals surface area contributed by atoms with Crippen LogP contribution in [-0.2, 0) is 0 Å². The van der Waals surface area contributed by atoms with Crippen molar-refractivity contribution in [3.05, 3.63) is 29.3 Å². The molecule has 0 aliphatic carbocycles. The van der Waals surface area contributed by atoms with Crippen molar-refractivity contribution in [1.82, 2.24) is 0 Å². The van der Waals surface area contributed by atoms with Crippen molar-refractivity contribution in [2.24, 2.45) is 0 Å². The average Bonchev–Trinajstić information content (AvgIpc) is 2.20. The highest BCUT2D eigenvalue weighted by Crippen LogP contribution is 2.15. The molecule has 15 heavy (non-hydrogen) atoms. The first-order valence-electron chi connectivity index (χ1n) is 4.62. The third-order valence-electron chi connectivity index (χ3n) is 2.02. The average molecular weight is 203 g/mol. The molecule has 0 heterocycles. The van der Waals surface area contributed by atoms with Crippen LogP contribution in [0.3, 0.4) is 0 Å². The van der Waals surface area contributed by atoms with Crippen molar-refractivity contribution in [3.63, 3.8) is 0 Å². The van der Waals surface area contributed by atoms with E-state index in [0.29, 0.717) is 12.1 Å². The highest BCUT2D eigenvalue weighted by Gasteiger charge is 2.04. The Balaban J connectivity index is 2.82. The highest BCUT2D eigenvalue weighted by molar-refractivity contribution is 5.88. The van der Waals surface area contributed by atoms with Crippen LogP contribution in [0.5, 0.6) is 0 Å². The molecule has 1 aromatic carbocycles. The van der Waals surface area contributed by atoms with Gasteiger partial charge in [0.15, 0.2) is 0 Å². The van der Waals surface area contributed by atoms with Crippen LogP contribution in [0.2, 0.25) is 0 Å². The molecule has 1 rings (SSSR count). The minimum Gasteiger partial charge on any atom is -0.478 e. The molecule has 0 bridgehead atoms. The lowest BCUT2D eigenvalue weighted by Crippen LogP contribution is -2.03. The van der Waals surface area contributed by atoms with E-state index in [4.69, 9.17) is 5.11 Å². The van der Waals surface area contributed by atoms with E-state index in [9.17, 15) is 4.79 Å². The van der Waals surface area contributed by atoms with E-state index in [-0.39, 0.29) is 0 Å². The molecule has 0 saturated heterocycles. The summed E-state index contributed by atoms with van der Waals surface area (Å²) in [5.41, 5.74) is 2.13. The molecule has 0 spiro atoms. The number of nitrogens with one attached hydrogen (secondary N) is 1. The fraction of sp³-hybridized carbons (Fsp3) is 0.250. The summed E-state index contributed by atoms with van der Waals surface area (Å²) in [4.78, 5) is 10.7. The monoisotopic (exact) mass is 203 g/mol. The second-order valence-corrected chi connectivity index (χ2v) is 3.12. The summed E-state index contributed by atoms with van der Waals surface area (Å²) >= 11 is 0. The lowest BCUT2D eigenvalue weighted by atomic mass is 10.1. The Bertz CT molecular complexity index is 427. The van der Waals surface area contributed by atoms with Crippen LogP contribution in [0.1, 0.15) is 22.8 Å². The molecular formula is C12H13NO2. The Labute approximate surface area is 89.1 Å². The number of hydrogen-bond donors (Lipinski definition) is 2. The molecule has 0 fully saturated rings. The second-order valence-electron chi connectivity index (χ2n) is 3.12. The molecule has 0 unspecified atom stereocenters. The lowest BCUT2D eigenvalue weighted by Gasteiger charge is -2.07. The number of aryl methyl sites for hydroxylation is 1.